The Morgan fingerprint density at radius 1 is 1.10 bits per heavy atom. The Morgan fingerprint density at radius 2 is 1.77 bits per heavy atom. The molecule has 0 N–H and O–H groups in total. The van der Waals surface area contributed by atoms with E-state index in [1.807, 2.05) is 38.1 Å². The van der Waals surface area contributed by atoms with Gasteiger partial charge in [-0.1, -0.05) is 29.0 Å². The Kier molecular flexibility index (Phi) is 7.68. The predicted molar refractivity (Wildman–Crippen MR) is 115 cm³/mol. The lowest BCUT2D eigenvalue weighted by molar-refractivity contribution is -0.274. The van der Waals surface area contributed by atoms with E-state index in [0.717, 1.165) is 16.9 Å². The number of hydrogen-bond donors (Lipinski definition) is 0. The van der Waals surface area contributed by atoms with Crippen molar-refractivity contribution in [2.24, 2.45) is 0 Å². The number of fused-ring (bicyclic) bond motifs is 1. The first kappa shape index (κ1) is 23.9. The normalized spacial score (nSPS) is 11.4. The van der Waals surface area contributed by atoms with Gasteiger partial charge in [0, 0.05) is 24.7 Å². The van der Waals surface area contributed by atoms with Gasteiger partial charge in [0.05, 0.1) is 10.2 Å². The summed E-state index contributed by atoms with van der Waals surface area (Å²) >= 11 is 1.15. The minimum absolute atomic E-state index is 0. The van der Waals surface area contributed by atoms with E-state index in [-0.39, 0.29) is 24.1 Å². The number of ether oxygens (including phenoxy) is 1. The first-order valence-electron chi connectivity index (χ1n) is 8.82. The quantitative estimate of drug-likeness (QED) is 0.512. The highest BCUT2D eigenvalue weighted by atomic mass is 35.5. The lowest BCUT2D eigenvalue weighted by Crippen LogP contribution is -2.36. The molecule has 30 heavy (non-hydrogen) atoms. The van der Waals surface area contributed by atoms with E-state index in [1.165, 1.54) is 18.2 Å². The van der Waals surface area contributed by atoms with E-state index >= 15 is 0 Å². The minimum Gasteiger partial charge on any atom is -0.406 e. The Morgan fingerprint density at radius 3 is 2.37 bits per heavy atom. The fourth-order valence-electron chi connectivity index (χ4n) is 2.64. The number of benzene rings is 2. The summed E-state index contributed by atoms with van der Waals surface area (Å²) in [5.41, 5.74) is 2.07. The fourth-order valence-corrected chi connectivity index (χ4v) is 3.66. The lowest BCUT2D eigenvalue weighted by Gasteiger charge is -2.22. The van der Waals surface area contributed by atoms with Crippen LogP contribution in [0, 0.1) is 6.92 Å². The van der Waals surface area contributed by atoms with E-state index in [9.17, 15) is 18.0 Å². The topological polar surface area (TPSA) is 45.7 Å². The predicted octanol–water partition coefficient (Wildman–Crippen LogP) is 5.13. The van der Waals surface area contributed by atoms with Crippen LogP contribution in [0.4, 0.5) is 18.3 Å². The maximum absolute atomic E-state index is 13.1. The number of hydrogen-bond acceptors (Lipinski definition) is 5. The van der Waals surface area contributed by atoms with Crippen molar-refractivity contribution in [3.8, 4) is 5.75 Å². The smallest absolute Gasteiger partial charge is 0.406 e. The lowest BCUT2D eigenvalue weighted by atomic mass is 10.1. The van der Waals surface area contributed by atoms with Gasteiger partial charge in [-0.3, -0.25) is 9.69 Å². The average molecular weight is 460 g/mol. The average Bonchev–Trinajstić information content (AvgIpc) is 3.03. The molecule has 0 fully saturated rings. The van der Waals surface area contributed by atoms with Gasteiger partial charge in [0.2, 0.25) is 0 Å². The number of amides is 1. The summed E-state index contributed by atoms with van der Waals surface area (Å²) in [5, 5.41) is 0.427. The highest BCUT2D eigenvalue weighted by Crippen LogP contribution is 2.33. The zero-order valence-electron chi connectivity index (χ0n) is 16.6. The van der Waals surface area contributed by atoms with Crippen LogP contribution < -0.4 is 9.64 Å². The fraction of sp³-hybridized carbons (Fsp3) is 0.300. The van der Waals surface area contributed by atoms with Crippen molar-refractivity contribution in [1.82, 2.24) is 9.88 Å². The van der Waals surface area contributed by atoms with E-state index in [2.05, 4.69) is 9.72 Å². The van der Waals surface area contributed by atoms with Crippen molar-refractivity contribution in [3.05, 3.63) is 53.6 Å². The van der Waals surface area contributed by atoms with Crippen LogP contribution in [0.5, 0.6) is 5.75 Å². The molecule has 10 heteroatoms. The number of carbonyl (C=O) groups is 1. The second kappa shape index (κ2) is 9.63. The monoisotopic (exact) mass is 459 g/mol. The van der Waals surface area contributed by atoms with Gasteiger partial charge < -0.3 is 9.64 Å². The Labute approximate surface area is 182 Å². The van der Waals surface area contributed by atoms with Gasteiger partial charge in [-0.25, -0.2) is 4.98 Å². The molecule has 162 valence electrons. The highest BCUT2D eigenvalue weighted by molar-refractivity contribution is 7.22. The van der Waals surface area contributed by atoms with Gasteiger partial charge in [-0.2, -0.15) is 0 Å². The van der Waals surface area contributed by atoms with Gasteiger partial charge >= 0.3 is 6.36 Å². The number of aryl methyl sites for hydroxylation is 1. The molecule has 0 saturated carbocycles. The molecule has 0 aliphatic heterocycles. The molecular formula is C20H21ClF3N3O2S. The van der Waals surface area contributed by atoms with E-state index in [4.69, 9.17) is 0 Å². The Hall–Kier alpha value is -2.36. The van der Waals surface area contributed by atoms with Crippen molar-refractivity contribution >= 4 is 45.0 Å². The SMILES string of the molecule is Cc1ccc(C(=O)N(CCN(C)C)c2nc3ccc(OC(F)(F)F)cc3s2)cc1.Cl. The molecule has 0 spiro atoms. The van der Waals surface area contributed by atoms with Gasteiger partial charge in [-0.05, 0) is 45.3 Å². The van der Waals surface area contributed by atoms with E-state index in [0.29, 0.717) is 34.0 Å². The third-order valence-corrected chi connectivity index (χ3v) is 5.17. The molecule has 0 aliphatic carbocycles. The van der Waals surface area contributed by atoms with Crippen LogP contribution in [-0.2, 0) is 0 Å². The molecule has 3 rings (SSSR count). The molecule has 0 saturated heterocycles. The summed E-state index contributed by atoms with van der Waals surface area (Å²) in [6, 6.07) is 11.2. The van der Waals surface area contributed by atoms with Crippen molar-refractivity contribution in [2.45, 2.75) is 13.3 Å². The van der Waals surface area contributed by atoms with Gasteiger partial charge in [0.25, 0.3) is 5.91 Å². The summed E-state index contributed by atoms with van der Waals surface area (Å²) in [6.07, 6.45) is -4.76. The largest absolute Gasteiger partial charge is 0.573 e. The van der Waals surface area contributed by atoms with Crippen LogP contribution in [0.1, 0.15) is 15.9 Å². The zero-order valence-corrected chi connectivity index (χ0v) is 18.2. The molecule has 0 aliphatic rings. The number of aromatic nitrogens is 1. The number of nitrogens with zero attached hydrogens (tertiary/aromatic N) is 3. The number of alkyl halides is 3. The molecule has 5 nitrogen and oxygen atoms in total. The summed E-state index contributed by atoms with van der Waals surface area (Å²) in [6.45, 7) is 2.94. The second-order valence-corrected chi connectivity index (χ2v) is 7.81. The van der Waals surface area contributed by atoms with E-state index in [1.54, 1.807) is 17.0 Å². The summed E-state index contributed by atoms with van der Waals surface area (Å²) in [5.74, 6) is -0.525. The van der Waals surface area contributed by atoms with E-state index < -0.39 is 6.36 Å². The zero-order chi connectivity index (χ0) is 21.2. The number of likely N-dealkylation sites (N-methyl/N-ethyl adjacent to an activating group) is 1. The summed E-state index contributed by atoms with van der Waals surface area (Å²) < 4.78 is 41.9. The van der Waals surface area contributed by atoms with Crippen molar-refractivity contribution in [3.63, 3.8) is 0 Å². The summed E-state index contributed by atoms with van der Waals surface area (Å²) in [7, 11) is 3.79. The molecule has 0 bridgehead atoms. The number of thiazole rings is 1. The Bertz CT molecular complexity index is 1010. The molecule has 2 aromatic carbocycles. The van der Waals surface area contributed by atoms with Crippen LogP contribution in [0.25, 0.3) is 10.2 Å². The minimum atomic E-state index is -4.76. The molecule has 3 aromatic rings. The molecule has 1 aromatic heterocycles. The van der Waals surface area contributed by atoms with Gasteiger partial charge in [-0.15, -0.1) is 25.6 Å². The van der Waals surface area contributed by atoms with Crippen molar-refractivity contribution < 1.29 is 22.7 Å². The third-order valence-electron chi connectivity index (χ3n) is 4.13. The van der Waals surface area contributed by atoms with Gasteiger partial charge in [0.1, 0.15) is 5.75 Å². The molecule has 0 atom stereocenters. The standard InChI is InChI=1S/C20H20F3N3O2S.ClH/c1-13-4-6-14(7-5-13)18(27)26(11-10-25(2)3)19-24-16-9-8-15(12-17(16)29-19)28-20(21,22)23;/h4-9,12H,10-11H2,1-3H3;1H. The highest BCUT2D eigenvalue weighted by Gasteiger charge is 2.31. The third kappa shape index (κ3) is 6.07. The summed E-state index contributed by atoms with van der Waals surface area (Å²) in [4.78, 5) is 21.1. The van der Waals surface area contributed by atoms with Gasteiger partial charge in [0.15, 0.2) is 5.13 Å². The van der Waals surface area contributed by atoms with Crippen LogP contribution in [-0.4, -0.2) is 49.3 Å². The molecule has 0 radical (unpaired) electrons. The molecule has 0 unspecified atom stereocenters. The maximum atomic E-state index is 13.1. The number of halogens is 4. The second-order valence-electron chi connectivity index (χ2n) is 6.80. The number of rotatable bonds is 6. The number of carbonyl (C=O) groups excluding carboxylic acids is 1. The first-order chi connectivity index (χ1) is 13.6. The van der Waals surface area contributed by atoms with Crippen molar-refractivity contribution in [2.75, 3.05) is 32.1 Å². The Balaban J connectivity index is 0.00000320. The maximum Gasteiger partial charge on any atom is 0.573 e. The molecule has 1 amide bonds. The number of anilines is 1. The van der Waals surface area contributed by atoms with Crippen LogP contribution >= 0.6 is 23.7 Å². The van der Waals surface area contributed by atoms with Crippen LogP contribution in [0.3, 0.4) is 0 Å². The van der Waals surface area contributed by atoms with Crippen LogP contribution in [0.15, 0.2) is 42.5 Å². The van der Waals surface area contributed by atoms with Crippen molar-refractivity contribution in [1.29, 1.82) is 0 Å². The van der Waals surface area contributed by atoms with Crippen LogP contribution in [0.2, 0.25) is 0 Å². The first-order valence-corrected chi connectivity index (χ1v) is 9.63. The molecular weight excluding hydrogens is 439 g/mol. The molecule has 1 heterocycles.